The lowest BCUT2D eigenvalue weighted by Crippen LogP contribution is -2.20. The van der Waals surface area contributed by atoms with Crippen LogP contribution in [-0.2, 0) is 0 Å². The van der Waals surface area contributed by atoms with Gasteiger partial charge >= 0.3 is 17.9 Å². The number of benzene rings is 2. The number of carboxylic acid groups (broad SMARTS) is 3. The highest BCUT2D eigenvalue weighted by atomic mass is 16.4. The molecule has 8 heteroatoms. The van der Waals surface area contributed by atoms with Gasteiger partial charge < -0.3 is 19.7 Å². The van der Waals surface area contributed by atoms with Gasteiger partial charge in [-0.15, -0.1) is 0 Å². The molecule has 130 valence electrons. The molecule has 0 aliphatic rings. The van der Waals surface area contributed by atoms with Crippen LogP contribution in [0, 0.1) is 0 Å². The molecule has 0 saturated heterocycles. The van der Waals surface area contributed by atoms with Gasteiger partial charge in [-0.1, -0.05) is 30.3 Å². The summed E-state index contributed by atoms with van der Waals surface area (Å²) in [5.74, 6) is -5.09. The van der Waals surface area contributed by atoms with Crippen molar-refractivity contribution in [2.45, 2.75) is 0 Å². The summed E-state index contributed by atoms with van der Waals surface area (Å²) in [6.45, 7) is 0. The SMILES string of the molecule is O=C(O)c1ccc2oc(-c3ccccc3)c(C(=O)O)c(=O)c2c1C(=O)O. The lowest BCUT2D eigenvalue weighted by Gasteiger charge is -2.10. The molecule has 1 heterocycles. The van der Waals surface area contributed by atoms with E-state index < -0.39 is 45.4 Å². The summed E-state index contributed by atoms with van der Waals surface area (Å²) in [6, 6.07) is 10.1. The predicted octanol–water partition coefficient (Wildman–Crippen LogP) is 2.55. The van der Waals surface area contributed by atoms with Crippen LogP contribution in [0.3, 0.4) is 0 Å². The average Bonchev–Trinajstić information content (AvgIpc) is 2.60. The lowest BCUT2D eigenvalue weighted by atomic mass is 9.98. The van der Waals surface area contributed by atoms with Gasteiger partial charge in [0.05, 0.1) is 16.5 Å². The van der Waals surface area contributed by atoms with Gasteiger partial charge in [0.15, 0.2) is 11.3 Å². The van der Waals surface area contributed by atoms with Crippen molar-refractivity contribution < 1.29 is 34.1 Å². The van der Waals surface area contributed by atoms with E-state index in [-0.39, 0.29) is 11.3 Å². The summed E-state index contributed by atoms with van der Waals surface area (Å²) in [6.07, 6.45) is 0. The molecule has 0 saturated carbocycles. The number of rotatable bonds is 4. The first-order chi connectivity index (χ1) is 12.3. The smallest absolute Gasteiger partial charge is 0.343 e. The van der Waals surface area contributed by atoms with E-state index in [1.54, 1.807) is 18.2 Å². The second kappa shape index (κ2) is 6.17. The summed E-state index contributed by atoms with van der Waals surface area (Å²) in [4.78, 5) is 47.2. The Morgan fingerprint density at radius 1 is 0.769 bits per heavy atom. The molecule has 8 nitrogen and oxygen atoms in total. The third-order valence-electron chi connectivity index (χ3n) is 3.75. The Bertz CT molecular complexity index is 1130. The number of carboxylic acids is 3. The van der Waals surface area contributed by atoms with Gasteiger partial charge in [0, 0.05) is 5.56 Å². The van der Waals surface area contributed by atoms with Crippen molar-refractivity contribution in [3.05, 3.63) is 69.4 Å². The number of hydrogen-bond donors (Lipinski definition) is 3. The van der Waals surface area contributed by atoms with Crippen LogP contribution in [-0.4, -0.2) is 33.2 Å². The highest BCUT2D eigenvalue weighted by Crippen LogP contribution is 2.28. The van der Waals surface area contributed by atoms with Crippen molar-refractivity contribution in [2.24, 2.45) is 0 Å². The van der Waals surface area contributed by atoms with Crippen LogP contribution in [0.1, 0.15) is 31.1 Å². The first kappa shape index (κ1) is 16.9. The topological polar surface area (TPSA) is 142 Å². The Kier molecular flexibility index (Phi) is 4.01. The fraction of sp³-hybridized carbons (Fsp3) is 0. The van der Waals surface area contributed by atoms with E-state index in [1.807, 2.05) is 0 Å². The van der Waals surface area contributed by atoms with Gasteiger partial charge in [0.2, 0.25) is 5.43 Å². The molecule has 2 aromatic carbocycles. The van der Waals surface area contributed by atoms with Crippen LogP contribution in [0.25, 0.3) is 22.3 Å². The highest BCUT2D eigenvalue weighted by molar-refractivity contribution is 6.12. The summed E-state index contributed by atoms with van der Waals surface area (Å²) >= 11 is 0. The Morgan fingerprint density at radius 3 is 1.92 bits per heavy atom. The molecule has 26 heavy (non-hydrogen) atoms. The van der Waals surface area contributed by atoms with Crippen LogP contribution in [0.2, 0.25) is 0 Å². The normalized spacial score (nSPS) is 10.6. The van der Waals surface area contributed by atoms with Crippen LogP contribution < -0.4 is 5.43 Å². The van der Waals surface area contributed by atoms with Gasteiger partial charge in [-0.3, -0.25) is 4.79 Å². The molecule has 3 rings (SSSR count). The van der Waals surface area contributed by atoms with Crippen LogP contribution in [0.4, 0.5) is 0 Å². The number of aromatic carboxylic acids is 3. The minimum absolute atomic E-state index is 0.221. The van der Waals surface area contributed by atoms with Crippen molar-refractivity contribution >= 4 is 28.9 Å². The van der Waals surface area contributed by atoms with Gasteiger partial charge in [0.1, 0.15) is 5.58 Å². The van der Waals surface area contributed by atoms with Crippen molar-refractivity contribution in [3.63, 3.8) is 0 Å². The van der Waals surface area contributed by atoms with E-state index in [1.165, 1.54) is 12.1 Å². The molecule has 0 bridgehead atoms. The summed E-state index contributed by atoms with van der Waals surface area (Å²) < 4.78 is 5.51. The van der Waals surface area contributed by atoms with Crippen molar-refractivity contribution in [1.82, 2.24) is 0 Å². The quantitative estimate of drug-likeness (QED) is 0.649. The van der Waals surface area contributed by atoms with Crippen LogP contribution in [0.5, 0.6) is 0 Å². The van der Waals surface area contributed by atoms with Crippen molar-refractivity contribution in [2.75, 3.05) is 0 Å². The zero-order valence-electron chi connectivity index (χ0n) is 12.9. The predicted molar refractivity (Wildman–Crippen MR) is 88.8 cm³/mol. The first-order valence-electron chi connectivity index (χ1n) is 7.22. The fourth-order valence-corrected chi connectivity index (χ4v) is 2.67. The molecule has 1 aromatic heterocycles. The lowest BCUT2D eigenvalue weighted by molar-refractivity contribution is 0.0653. The summed E-state index contributed by atoms with van der Waals surface area (Å²) in [5, 5.41) is 27.4. The standard InChI is InChI=1S/C18H10O8/c19-14-12-10(7-6-9(16(20)21)11(12)17(22)23)26-15(13(14)18(24)25)8-4-2-1-3-5-8/h1-7H,(H,20,21)(H,22,23)(H,24,25). The monoisotopic (exact) mass is 354 g/mol. The van der Waals surface area contributed by atoms with E-state index >= 15 is 0 Å². The second-order valence-corrected chi connectivity index (χ2v) is 5.28. The molecular formula is C18H10O8. The number of hydrogen-bond acceptors (Lipinski definition) is 5. The minimum atomic E-state index is -1.68. The van der Waals surface area contributed by atoms with Gasteiger partial charge in [0.25, 0.3) is 0 Å². The van der Waals surface area contributed by atoms with E-state index in [4.69, 9.17) is 9.52 Å². The van der Waals surface area contributed by atoms with Crippen molar-refractivity contribution in [1.29, 1.82) is 0 Å². The molecule has 0 fully saturated rings. The maximum absolute atomic E-state index is 12.8. The third kappa shape index (κ3) is 2.59. The molecule has 3 aromatic rings. The molecule has 0 aliphatic carbocycles. The largest absolute Gasteiger partial charge is 0.478 e. The molecule has 0 aliphatic heterocycles. The zero-order chi connectivity index (χ0) is 19.0. The first-order valence-corrected chi connectivity index (χ1v) is 7.22. The Morgan fingerprint density at radius 2 is 1.38 bits per heavy atom. The highest BCUT2D eigenvalue weighted by Gasteiger charge is 2.28. The average molecular weight is 354 g/mol. The summed E-state index contributed by atoms with van der Waals surface area (Å²) in [7, 11) is 0. The van der Waals surface area contributed by atoms with Gasteiger partial charge in [-0.2, -0.15) is 0 Å². The summed E-state index contributed by atoms with van der Waals surface area (Å²) in [5.41, 5.74) is -3.26. The van der Waals surface area contributed by atoms with E-state index in [9.17, 15) is 29.4 Å². The van der Waals surface area contributed by atoms with E-state index in [2.05, 4.69) is 0 Å². The number of carbonyl (C=O) groups is 3. The third-order valence-corrected chi connectivity index (χ3v) is 3.75. The van der Waals surface area contributed by atoms with Gasteiger partial charge in [-0.25, -0.2) is 14.4 Å². The maximum Gasteiger partial charge on any atom is 0.343 e. The fourth-order valence-electron chi connectivity index (χ4n) is 2.67. The van der Waals surface area contributed by atoms with Crippen molar-refractivity contribution in [3.8, 4) is 11.3 Å². The van der Waals surface area contributed by atoms with Gasteiger partial charge in [-0.05, 0) is 12.1 Å². The number of fused-ring (bicyclic) bond motifs is 1. The molecule has 0 spiro atoms. The second-order valence-electron chi connectivity index (χ2n) is 5.28. The molecule has 3 N–H and O–H groups in total. The minimum Gasteiger partial charge on any atom is -0.478 e. The molecular weight excluding hydrogens is 344 g/mol. The van der Waals surface area contributed by atoms with Crippen LogP contribution in [0.15, 0.2) is 51.7 Å². The molecule has 0 unspecified atom stereocenters. The zero-order valence-corrected chi connectivity index (χ0v) is 12.9. The molecule has 0 radical (unpaired) electrons. The Labute approximate surface area is 144 Å². The Hall–Kier alpha value is -3.94. The Balaban J connectivity index is 2.54. The maximum atomic E-state index is 12.8. The molecule has 0 amide bonds. The van der Waals surface area contributed by atoms with E-state index in [0.717, 1.165) is 12.1 Å². The van der Waals surface area contributed by atoms with E-state index in [0.29, 0.717) is 5.56 Å². The molecule has 0 atom stereocenters. The van der Waals surface area contributed by atoms with Crippen LogP contribution >= 0.6 is 0 Å².